The second-order valence-corrected chi connectivity index (χ2v) is 6.49. The first-order valence-corrected chi connectivity index (χ1v) is 7.89. The molecule has 1 aromatic heterocycles. The van der Waals surface area contributed by atoms with E-state index in [4.69, 9.17) is 10.8 Å². The van der Waals surface area contributed by atoms with Crippen molar-refractivity contribution in [2.24, 2.45) is 17.6 Å². The Morgan fingerprint density at radius 2 is 2.10 bits per heavy atom. The quantitative estimate of drug-likeness (QED) is 0.681. The van der Waals surface area contributed by atoms with Crippen LogP contribution in [-0.4, -0.2) is 28.5 Å². The fraction of sp³-hybridized carbons (Fsp3) is 0.643. The van der Waals surface area contributed by atoms with Gasteiger partial charge in [-0.2, -0.15) is 0 Å². The Hall–Kier alpha value is -1.47. The second kappa shape index (κ2) is 8.09. The fourth-order valence-electron chi connectivity index (χ4n) is 2.14. The van der Waals surface area contributed by atoms with Gasteiger partial charge in [-0.25, -0.2) is 9.78 Å². The number of carbonyl (C=O) groups is 2. The lowest BCUT2D eigenvalue weighted by molar-refractivity contribution is -0.122. The summed E-state index contributed by atoms with van der Waals surface area (Å²) in [5, 5.41) is 13.8. The summed E-state index contributed by atoms with van der Waals surface area (Å²) in [7, 11) is 0. The summed E-state index contributed by atoms with van der Waals surface area (Å²) >= 11 is 1.23. The number of nitrogens with two attached hydrogens (primary N) is 1. The van der Waals surface area contributed by atoms with Gasteiger partial charge in [0.1, 0.15) is 5.01 Å². The van der Waals surface area contributed by atoms with Crippen LogP contribution in [0.5, 0.6) is 0 Å². The molecule has 21 heavy (non-hydrogen) atoms. The maximum absolute atomic E-state index is 12.0. The van der Waals surface area contributed by atoms with Crippen LogP contribution < -0.4 is 11.1 Å². The number of hydrogen-bond donors (Lipinski definition) is 3. The molecule has 0 bridgehead atoms. The average molecular weight is 313 g/mol. The smallest absolute Gasteiger partial charge is 0.355 e. The molecule has 0 fully saturated rings. The van der Waals surface area contributed by atoms with Crippen LogP contribution in [0.25, 0.3) is 0 Å². The first kappa shape index (κ1) is 17.6. The van der Waals surface area contributed by atoms with Crippen LogP contribution >= 0.6 is 11.3 Å². The van der Waals surface area contributed by atoms with Gasteiger partial charge >= 0.3 is 5.97 Å². The minimum atomic E-state index is -1.06. The van der Waals surface area contributed by atoms with Crippen molar-refractivity contribution in [2.45, 2.75) is 39.7 Å². The van der Waals surface area contributed by atoms with Gasteiger partial charge in [0.05, 0.1) is 6.04 Å². The minimum absolute atomic E-state index is 0.00995. The molecule has 1 heterocycles. The molecule has 1 rings (SSSR count). The van der Waals surface area contributed by atoms with E-state index < -0.39 is 5.97 Å². The highest BCUT2D eigenvalue weighted by Gasteiger charge is 2.18. The van der Waals surface area contributed by atoms with E-state index in [9.17, 15) is 9.59 Å². The lowest BCUT2D eigenvalue weighted by Gasteiger charge is -2.18. The molecule has 1 aromatic rings. The van der Waals surface area contributed by atoms with Crippen LogP contribution in [0.4, 0.5) is 0 Å². The number of aromatic carboxylic acids is 1. The third kappa shape index (κ3) is 5.81. The van der Waals surface area contributed by atoms with E-state index in [-0.39, 0.29) is 23.6 Å². The van der Waals surface area contributed by atoms with Gasteiger partial charge in [-0.3, -0.25) is 4.79 Å². The molecular formula is C14H23N3O3S. The van der Waals surface area contributed by atoms with Crippen LogP contribution in [0.2, 0.25) is 0 Å². The third-order valence-corrected chi connectivity index (χ3v) is 4.13. The predicted molar refractivity (Wildman–Crippen MR) is 82.2 cm³/mol. The molecule has 7 heteroatoms. The summed E-state index contributed by atoms with van der Waals surface area (Å²) in [6.07, 6.45) is 1.30. The molecule has 0 saturated carbocycles. The molecule has 118 valence electrons. The molecule has 2 unspecified atom stereocenters. The molecule has 6 nitrogen and oxygen atoms in total. The molecule has 0 saturated heterocycles. The number of carboxylic acid groups (broad SMARTS) is 1. The molecule has 0 aliphatic rings. The van der Waals surface area contributed by atoms with Crippen LogP contribution in [0.3, 0.4) is 0 Å². The monoisotopic (exact) mass is 313 g/mol. The van der Waals surface area contributed by atoms with Crippen molar-refractivity contribution in [3.05, 3.63) is 16.1 Å². The summed E-state index contributed by atoms with van der Waals surface area (Å²) in [6.45, 7) is 6.49. The Morgan fingerprint density at radius 3 is 2.57 bits per heavy atom. The number of nitrogens with zero attached hydrogens (tertiary/aromatic N) is 1. The van der Waals surface area contributed by atoms with Crippen molar-refractivity contribution in [3.8, 4) is 0 Å². The van der Waals surface area contributed by atoms with E-state index in [2.05, 4.69) is 24.1 Å². The topological polar surface area (TPSA) is 105 Å². The van der Waals surface area contributed by atoms with Gasteiger partial charge in [-0.05, 0) is 31.7 Å². The summed E-state index contributed by atoms with van der Waals surface area (Å²) in [5.74, 6) is -0.467. The van der Waals surface area contributed by atoms with Crippen molar-refractivity contribution >= 4 is 23.2 Å². The standard InChI is InChI=1S/C14H23N3O3S/c1-8(2)4-10(6-15)5-12(18)16-9(3)13-17-11(7-21-13)14(19)20/h7-10H,4-6,15H2,1-3H3,(H,16,18)(H,19,20). The van der Waals surface area contributed by atoms with Crippen molar-refractivity contribution in [3.63, 3.8) is 0 Å². The van der Waals surface area contributed by atoms with E-state index in [0.29, 0.717) is 23.9 Å². The van der Waals surface area contributed by atoms with Gasteiger partial charge < -0.3 is 16.2 Å². The molecule has 0 radical (unpaired) electrons. The van der Waals surface area contributed by atoms with Crippen LogP contribution in [0.1, 0.15) is 55.2 Å². The van der Waals surface area contributed by atoms with Gasteiger partial charge in [-0.15, -0.1) is 11.3 Å². The van der Waals surface area contributed by atoms with Crippen LogP contribution in [0, 0.1) is 11.8 Å². The first-order chi connectivity index (χ1) is 9.83. The number of nitrogens with one attached hydrogen (secondary N) is 1. The summed E-state index contributed by atoms with van der Waals surface area (Å²) in [6, 6.07) is -0.298. The average Bonchev–Trinajstić information content (AvgIpc) is 2.86. The highest BCUT2D eigenvalue weighted by molar-refractivity contribution is 7.09. The zero-order valence-electron chi connectivity index (χ0n) is 12.6. The minimum Gasteiger partial charge on any atom is -0.476 e. The molecule has 0 aliphatic carbocycles. The molecule has 2 atom stereocenters. The van der Waals surface area contributed by atoms with Crippen molar-refractivity contribution in [1.29, 1.82) is 0 Å². The first-order valence-electron chi connectivity index (χ1n) is 7.01. The Balaban J connectivity index is 2.54. The van der Waals surface area contributed by atoms with Gasteiger partial charge in [0.15, 0.2) is 5.69 Å². The zero-order valence-corrected chi connectivity index (χ0v) is 13.4. The zero-order chi connectivity index (χ0) is 16.0. The second-order valence-electron chi connectivity index (χ2n) is 5.60. The summed E-state index contributed by atoms with van der Waals surface area (Å²) < 4.78 is 0. The van der Waals surface area contributed by atoms with E-state index in [1.54, 1.807) is 6.92 Å². The van der Waals surface area contributed by atoms with Crippen molar-refractivity contribution < 1.29 is 14.7 Å². The predicted octanol–water partition coefficient (Wildman–Crippen LogP) is 2.03. The lowest BCUT2D eigenvalue weighted by Crippen LogP contribution is -2.30. The van der Waals surface area contributed by atoms with Gasteiger partial charge in [-0.1, -0.05) is 13.8 Å². The Labute approximate surface area is 128 Å². The SMILES string of the molecule is CC(C)CC(CN)CC(=O)NC(C)c1nc(C(=O)O)cs1. The number of thiazole rings is 1. The van der Waals surface area contributed by atoms with E-state index in [1.807, 2.05) is 0 Å². The van der Waals surface area contributed by atoms with E-state index in [0.717, 1.165) is 6.42 Å². The molecule has 1 amide bonds. The lowest BCUT2D eigenvalue weighted by atomic mass is 9.94. The summed E-state index contributed by atoms with van der Waals surface area (Å²) in [4.78, 5) is 26.8. The number of aromatic nitrogens is 1. The Kier molecular flexibility index (Phi) is 6.77. The highest BCUT2D eigenvalue weighted by atomic mass is 32.1. The Bertz CT molecular complexity index is 488. The van der Waals surface area contributed by atoms with Gasteiger partial charge in [0.2, 0.25) is 5.91 Å². The number of rotatable bonds is 8. The highest BCUT2D eigenvalue weighted by Crippen LogP contribution is 2.19. The maximum atomic E-state index is 12.0. The molecule has 4 N–H and O–H groups in total. The largest absolute Gasteiger partial charge is 0.476 e. The molecule has 0 aliphatic heterocycles. The van der Waals surface area contributed by atoms with Gasteiger partial charge in [0, 0.05) is 11.8 Å². The molecule has 0 aromatic carbocycles. The van der Waals surface area contributed by atoms with E-state index in [1.165, 1.54) is 16.7 Å². The van der Waals surface area contributed by atoms with Crippen LogP contribution in [-0.2, 0) is 4.79 Å². The maximum Gasteiger partial charge on any atom is 0.355 e. The molecule has 0 spiro atoms. The van der Waals surface area contributed by atoms with Crippen molar-refractivity contribution in [2.75, 3.05) is 6.54 Å². The van der Waals surface area contributed by atoms with Gasteiger partial charge in [0.25, 0.3) is 0 Å². The fourth-order valence-corrected chi connectivity index (χ4v) is 2.94. The number of carboxylic acids is 1. The summed E-state index contributed by atoms with van der Waals surface area (Å²) in [5.41, 5.74) is 5.70. The number of amides is 1. The van der Waals surface area contributed by atoms with E-state index >= 15 is 0 Å². The molecular weight excluding hydrogens is 290 g/mol. The van der Waals surface area contributed by atoms with Crippen LogP contribution in [0.15, 0.2) is 5.38 Å². The third-order valence-electron chi connectivity index (χ3n) is 3.10. The van der Waals surface area contributed by atoms with Crippen molar-refractivity contribution in [1.82, 2.24) is 10.3 Å². The normalized spacial score (nSPS) is 14.0. The number of hydrogen-bond acceptors (Lipinski definition) is 5. The number of carbonyl (C=O) groups excluding carboxylic acids is 1. The Morgan fingerprint density at radius 1 is 1.43 bits per heavy atom.